The molecule has 1 aliphatic heterocycles. The molecule has 2 aromatic heterocycles. The summed E-state index contributed by atoms with van der Waals surface area (Å²) in [4.78, 5) is 22.9. The van der Waals surface area contributed by atoms with Gasteiger partial charge < -0.3 is 25.3 Å². The van der Waals surface area contributed by atoms with Crippen molar-refractivity contribution in [3.8, 4) is 0 Å². The summed E-state index contributed by atoms with van der Waals surface area (Å²) in [7, 11) is 1.69. The SMILES string of the molecule is CNc1ncnc2c1[nH]c(=O)n2[C@H]1CC(O)[C@@H](CO)O1. The topological polar surface area (TPSA) is 125 Å². The van der Waals surface area contributed by atoms with Gasteiger partial charge in [-0.3, -0.25) is 0 Å². The van der Waals surface area contributed by atoms with E-state index in [0.717, 1.165) is 0 Å². The van der Waals surface area contributed by atoms with Crippen LogP contribution in [0.3, 0.4) is 0 Å². The van der Waals surface area contributed by atoms with Crippen molar-refractivity contribution in [1.82, 2.24) is 19.5 Å². The molecule has 3 heterocycles. The number of aliphatic hydroxyl groups is 2. The summed E-state index contributed by atoms with van der Waals surface area (Å²) in [5.74, 6) is 0.503. The Morgan fingerprint density at radius 1 is 1.60 bits per heavy atom. The molecule has 1 aliphatic rings. The van der Waals surface area contributed by atoms with E-state index < -0.39 is 24.1 Å². The van der Waals surface area contributed by atoms with E-state index >= 15 is 0 Å². The smallest absolute Gasteiger partial charge is 0.329 e. The fourth-order valence-corrected chi connectivity index (χ4v) is 2.43. The van der Waals surface area contributed by atoms with Gasteiger partial charge >= 0.3 is 5.69 Å². The third kappa shape index (κ3) is 1.87. The Hall–Kier alpha value is -1.97. The maximum Gasteiger partial charge on any atom is 0.329 e. The highest BCUT2D eigenvalue weighted by Crippen LogP contribution is 2.29. The molecular formula is C11H15N5O4. The number of rotatable bonds is 3. The number of ether oxygens (including phenoxy) is 1. The number of hydrogen-bond acceptors (Lipinski definition) is 7. The van der Waals surface area contributed by atoms with Crippen LogP contribution >= 0.6 is 0 Å². The molecule has 9 heteroatoms. The molecular weight excluding hydrogens is 266 g/mol. The third-order valence-corrected chi connectivity index (χ3v) is 3.42. The van der Waals surface area contributed by atoms with Gasteiger partial charge in [-0.25, -0.2) is 19.3 Å². The van der Waals surface area contributed by atoms with Crippen molar-refractivity contribution in [2.24, 2.45) is 0 Å². The maximum absolute atomic E-state index is 12.1. The van der Waals surface area contributed by atoms with Crippen LogP contribution in [0.25, 0.3) is 11.2 Å². The predicted molar refractivity (Wildman–Crippen MR) is 69.3 cm³/mol. The number of fused-ring (bicyclic) bond motifs is 1. The third-order valence-electron chi connectivity index (χ3n) is 3.42. The van der Waals surface area contributed by atoms with Gasteiger partial charge in [-0.15, -0.1) is 0 Å². The average Bonchev–Trinajstić information content (AvgIpc) is 2.97. The molecule has 20 heavy (non-hydrogen) atoms. The minimum atomic E-state index is -0.813. The molecule has 0 bridgehead atoms. The van der Waals surface area contributed by atoms with Gasteiger partial charge in [0, 0.05) is 13.5 Å². The van der Waals surface area contributed by atoms with Crippen LogP contribution in [0.1, 0.15) is 12.6 Å². The quantitative estimate of drug-likeness (QED) is 0.557. The summed E-state index contributed by atoms with van der Waals surface area (Å²) in [6, 6.07) is 0. The number of H-pyrrole nitrogens is 1. The standard InChI is InChI=1S/C11H15N5O4/c1-12-9-8-10(14-4-13-9)16(11(19)15-8)7-2-5(18)6(3-17)20-7/h4-7,17-18H,2-3H2,1H3,(H,15,19)(H,12,13,14)/t5?,6-,7-/m1/s1. The number of anilines is 1. The lowest BCUT2D eigenvalue weighted by molar-refractivity contribution is -0.0441. The lowest BCUT2D eigenvalue weighted by atomic mass is 10.2. The summed E-state index contributed by atoms with van der Waals surface area (Å²) < 4.78 is 6.82. The van der Waals surface area contributed by atoms with Gasteiger partial charge in [0.2, 0.25) is 0 Å². The van der Waals surface area contributed by atoms with Gasteiger partial charge in [-0.2, -0.15) is 0 Å². The van der Waals surface area contributed by atoms with Crippen molar-refractivity contribution in [2.45, 2.75) is 24.9 Å². The first-order chi connectivity index (χ1) is 9.65. The molecule has 3 atom stereocenters. The van der Waals surface area contributed by atoms with Crippen LogP contribution in [0.2, 0.25) is 0 Å². The van der Waals surface area contributed by atoms with Crippen molar-refractivity contribution < 1.29 is 14.9 Å². The van der Waals surface area contributed by atoms with Gasteiger partial charge in [0.15, 0.2) is 11.5 Å². The van der Waals surface area contributed by atoms with Crippen LogP contribution in [0, 0.1) is 0 Å². The van der Waals surface area contributed by atoms with E-state index in [4.69, 9.17) is 9.84 Å². The number of imidazole rings is 1. The first-order valence-corrected chi connectivity index (χ1v) is 6.23. The average molecular weight is 281 g/mol. The zero-order chi connectivity index (χ0) is 14.3. The summed E-state index contributed by atoms with van der Waals surface area (Å²) >= 11 is 0. The Balaban J connectivity index is 2.09. The van der Waals surface area contributed by atoms with Crippen molar-refractivity contribution in [1.29, 1.82) is 0 Å². The van der Waals surface area contributed by atoms with E-state index in [9.17, 15) is 9.90 Å². The molecule has 0 saturated carbocycles. The maximum atomic E-state index is 12.1. The first kappa shape index (κ1) is 13.0. The number of nitrogens with zero attached hydrogens (tertiary/aromatic N) is 3. The second kappa shape index (κ2) is 4.85. The molecule has 3 rings (SSSR count). The molecule has 108 valence electrons. The number of aliphatic hydroxyl groups excluding tert-OH is 2. The van der Waals surface area contributed by atoms with Crippen molar-refractivity contribution in [3.63, 3.8) is 0 Å². The highest BCUT2D eigenvalue weighted by Gasteiger charge is 2.36. The van der Waals surface area contributed by atoms with Gasteiger partial charge in [-0.05, 0) is 0 Å². The zero-order valence-electron chi connectivity index (χ0n) is 10.8. The molecule has 0 radical (unpaired) electrons. The van der Waals surface area contributed by atoms with Crippen molar-refractivity contribution in [2.75, 3.05) is 19.0 Å². The lowest BCUT2D eigenvalue weighted by Gasteiger charge is -2.12. The number of aromatic amines is 1. The van der Waals surface area contributed by atoms with E-state index in [1.807, 2.05) is 0 Å². The van der Waals surface area contributed by atoms with Crippen LogP contribution in [0.5, 0.6) is 0 Å². The number of nitrogens with one attached hydrogen (secondary N) is 2. The molecule has 1 fully saturated rings. The fourth-order valence-electron chi connectivity index (χ4n) is 2.43. The molecule has 1 unspecified atom stereocenters. The first-order valence-electron chi connectivity index (χ1n) is 6.23. The van der Waals surface area contributed by atoms with Crippen LogP contribution < -0.4 is 11.0 Å². The molecule has 4 N–H and O–H groups in total. The molecule has 2 aromatic rings. The second-order valence-corrected chi connectivity index (χ2v) is 4.59. The Morgan fingerprint density at radius 3 is 3.05 bits per heavy atom. The summed E-state index contributed by atoms with van der Waals surface area (Å²) in [6.07, 6.45) is -0.609. The molecule has 0 aliphatic carbocycles. The molecule has 0 amide bonds. The molecule has 9 nitrogen and oxygen atoms in total. The van der Waals surface area contributed by atoms with E-state index in [-0.39, 0.29) is 13.0 Å². The Morgan fingerprint density at radius 2 is 2.40 bits per heavy atom. The van der Waals surface area contributed by atoms with Gasteiger partial charge in [0.1, 0.15) is 24.2 Å². The number of hydrogen-bond donors (Lipinski definition) is 4. The summed E-state index contributed by atoms with van der Waals surface area (Å²) in [6.45, 7) is -0.300. The fraction of sp³-hybridized carbons (Fsp3) is 0.545. The minimum Gasteiger partial charge on any atom is -0.394 e. The van der Waals surface area contributed by atoms with Crippen LogP contribution in [-0.2, 0) is 4.74 Å². The molecule has 0 aromatic carbocycles. The normalized spacial score (nSPS) is 26.2. The Labute approximate surface area is 113 Å². The van der Waals surface area contributed by atoms with E-state index in [1.54, 1.807) is 7.05 Å². The summed E-state index contributed by atoms with van der Waals surface area (Å²) in [5.41, 5.74) is 0.475. The molecule has 1 saturated heterocycles. The zero-order valence-corrected chi connectivity index (χ0v) is 10.8. The van der Waals surface area contributed by atoms with Crippen LogP contribution in [0.4, 0.5) is 5.82 Å². The summed E-state index contributed by atoms with van der Waals surface area (Å²) in [5, 5.41) is 21.7. The van der Waals surface area contributed by atoms with Crippen LogP contribution in [0.15, 0.2) is 11.1 Å². The minimum absolute atomic E-state index is 0.219. The van der Waals surface area contributed by atoms with Crippen molar-refractivity contribution >= 4 is 17.0 Å². The van der Waals surface area contributed by atoms with E-state index in [0.29, 0.717) is 17.0 Å². The van der Waals surface area contributed by atoms with Crippen LogP contribution in [-0.4, -0.2) is 55.6 Å². The Kier molecular flexibility index (Phi) is 3.16. The molecule has 0 spiro atoms. The predicted octanol–water partition coefficient (Wildman–Crippen LogP) is -1.20. The van der Waals surface area contributed by atoms with Crippen molar-refractivity contribution in [3.05, 3.63) is 16.8 Å². The van der Waals surface area contributed by atoms with Gasteiger partial charge in [0.05, 0.1) is 12.7 Å². The highest BCUT2D eigenvalue weighted by atomic mass is 16.5. The van der Waals surface area contributed by atoms with E-state index in [2.05, 4.69) is 20.3 Å². The second-order valence-electron chi connectivity index (χ2n) is 4.59. The Bertz CT molecular complexity index is 681. The number of aromatic nitrogens is 4. The monoisotopic (exact) mass is 281 g/mol. The lowest BCUT2D eigenvalue weighted by Crippen LogP contribution is -2.25. The van der Waals surface area contributed by atoms with Gasteiger partial charge in [-0.1, -0.05) is 0 Å². The van der Waals surface area contributed by atoms with Gasteiger partial charge in [0.25, 0.3) is 0 Å². The largest absolute Gasteiger partial charge is 0.394 e. The van der Waals surface area contributed by atoms with E-state index in [1.165, 1.54) is 10.9 Å². The highest BCUT2D eigenvalue weighted by molar-refractivity contribution is 5.82.